The van der Waals surface area contributed by atoms with E-state index in [4.69, 9.17) is 4.55 Å². The van der Waals surface area contributed by atoms with Crippen LogP contribution in [0.25, 0.3) is 0 Å². The van der Waals surface area contributed by atoms with Gasteiger partial charge in [0.05, 0.1) is 5.56 Å². The highest BCUT2D eigenvalue weighted by atomic mass is 32.2. The minimum absolute atomic E-state index is 0.00308. The minimum Gasteiger partial charge on any atom is -0.281 e. The van der Waals surface area contributed by atoms with E-state index in [9.17, 15) is 26.0 Å². The standard InChI is InChI=1S/C7H4F4O3S/c8-4-1-2-6(9)5(3-4)7(10,11)15(12,13)14/h1-3H,(H,12,13,14). The van der Waals surface area contributed by atoms with Gasteiger partial charge in [0.15, 0.2) is 0 Å². The fourth-order valence-electron chi connectivity index (χ4n) is 0.859. The van der Waals surface area contributed by atoms with Gasteiger partial charge >= 0.3 is 15.4 Å². The van der Waals surface area contributed by atoms with Gasteiger partial charge in [0.25, 0.3) is 0 Å². The van der Waals surface area contributed by atoms with Crippen molar-refractivity contribution in [2.45, 2.75) is 5.25 Å². The van der Waals surface area contributed by atoms with Crippen molar-refractivity contribution >= 4 is 10.1 Å². The van der Waals surface area contributed by atoms with E-state index in [2.05, 4.69) is 0 Å². The molecular weight excluding hydrogens is 240 g/mol. The van der Waals surface area contributed by atoms with Crippen molar-refractivity contribution in [3.63, 3.8) is 0 Å². The van der Waals surface area contributed by atoms with Crippen LogP contribution in [0.4, 0.5) is 17.6 Å². The summed E-state index contributed by atoms with van der Waals surface area (Å²) in [7, 11) is -5.83. The minimum atomic E-state index is -5.83. The zero-order chi connectivity index (χ0) is 11.9. The maximum atomic E-state index is 12.9. The first kappa shape index (κ1) is 11.9. The molecule has 0 aromatic heterocycles. The molecule has 0 aliphatic heterocycles. The lowest BCUT2D eigenvalue weighted by Crippen LogP contribution is -2.26. The summed E-state index contributed by atoms with van der Waals surface area (Å²) < 4.78 is 79.6. The van der Waals surface area contributed by atoms with Crippen molar-refractivity contribution < 1.29 is 30.5 Å². The first-order chi connectivity index (χ1) is 6.66. The Labute approximate surface area is 82.1 Å². The van der Waals surface area contributed by atoms with Crippen molar-refractivity contribution in [2.24, 2.45) is 0 Å². The van der Waals surface area contributed by atoms with Gasteiger partial charge < -0.3 is 0 Å². The Bertz CT molecular complexity index is 483. The summed E-state index contributed by atoms with van der Waals surface area (Å²) in [6.45, 7) is 0. The number of alkyl halides is 2. The Hall–Kier alpha value is -1.15. The molecule has 8 heteroatoms. The third-order valence-electron chi connectivity index (χ3n) is 1.57. The normalized spacial score (nSPS) is 12.9. The lowest BCUT2D eigenvalue weighted by atomic mass is 10.2. The Kier molecular flexibility index (Phi) is 2.75. The van der Waals surface area contributed by atoms with Crippen molar-refractivity contribution in [2.75, 3.05) is 0 Å². The van der Waals surface area contributed by atoms with Crippen LogP contribution in [0.15, 0.2) is 18.2 Å². The fourth-order valence-corrected chi connectivity index (χ4v) is 1.29. The van der Waals surface area contributed by atoms with E-state index in [0.29, 0.717) is 12.1 Å². The first-order valence-electron chi connectivity index (χ1n) is 3.46. The van der Waals surface area contributed by atoms with Crippen molar-refractivity contribution in [1.29, 1.82) is 0 Å². The smallest absolute Gasteiger partial charge is 0.281 e. The molecule has 1 aromatic carbocycles. The predicted molar refractivity (Wildman–Crippen MR) is 41.8 cm³/mol. The van der Waals surface area contributed by atoms with Crippen LogP contribution >= 0.6 is 0 Å². The van der Waals surface area contributed by atoms with Gasteiger partial charge in [-0.2, -0.15) is 17.2 Å². The van der Waals surface area contributed by atoms with E-state index in [1.165, 1.54) is 0 Å². The molecular formula is C7H4F4O3S. The molecule has 84 valence electrons. The molecule has 0 radical (unpaired) electrons. The average molecular weight is 244 g/mol. The second kappa shape index (κ2) is 3.46. The van der Waals surface area contributed by atoms with Gasteiger partial charge in [-0.25, -0.2) is 8.78 Å². The molecule has 0 heterocycles. The molecule has 1 aromatic rings. The Morgan fingerprint density at radius 1 is 1.20 bits per heavy atom. The van der Waals surface area contributed by atoms with Crippen LogP contribution in [0.1, 0.15) is 5.56 Å². The van der Waals surface area contributed by atoms with Gasteiger partial charge in [0.1, 0.15) is 11.6 Å². The molecule has 0 amide bonds. The van der Waals surface area contributed by atoms with Gasteiger partial charge in [-0.05, 0) is 18.2 Å². The maximum Gasteiger partial charge on any atom is 0.397 e. The van der Waals surface area contributed by atoms with Gasteiger partial charge in [-0.15, -0.1) is 0 Å². The van der Waals surface area contributed by atoms with Crippen molar-refractivity contribution in [3.8, 4) is 0 Å². The molecule has 0 aliphatic rings. The van der Waals surface area contributed by atoms with Crippen molar-refractivity contribution in [1.82, 2.24) is 0 Å². The number of rotatable bonds is 2. The van der Waals surface area contributed by atoms with E-state index in [-0.39, 0.29) is 6.07 Å². The molecule has 0 saturated heterocycles. The van der Waals surface area contributed by atoms with Gasteiger partial charge in [0, 0.05) is 0 Å². The zero-order valence-corrected chi connectivity index (χ0v) is 7.73. The summed E-state index contributed by atoms with van der Waals surface area (Å²) >= 11 is 0. The largest absolute Gasteiger partial charge is 0.397 e. The summed E-state index contributed by atoms with van der Waals surface area (Å²) in [6.07, 6.45) is 0. The van der Waals surface area contributed by atoms with Gasteiger partial charge in [0.2, 0.25) is 0 Å². The molecule has 15 heavy (non-hydrogen) atoms. The highest BCUT2D eigenvalue weighted by molar-refractivity contribution is 7.86. The van der Waals surface area contributed by atoms with Crippen molar-refractivity contribution in [3.05, 3.63) is 35.4 Å². The SMILES string of the molecule is O=S(=O)(O)C(F)(F)c1cc(F)ccc1F. The lowest BCUT2D eigenvalue weighted by Gasteiger charge is -2.13. The van der Waals surface area contributed by atoms with E-state index in [0.717, 1.165) is 0 Å². The quantitative estimate of drug-likeness (QED) is 0.638. The van der Waals surface area contributed by atoms with Crippen LogP contribution in [0.3, 0.4) is 0 Å². The molecule has 0 fully saturated rings. The molecule has 1 rings (SSSR count). The van der Waals surface area contributed by atoms with E-state index < -0.39 is 32.6 Å². The van der Waals surface area contributed by atoms with Crippen LogP contribution in [0, 0.1) is 11.6 Å². The highest BCUT2D eigenvalue weighted by Gasteiger charge is 2.48. The van der Waals surface area contributed by atoms with Crippen LogP contribution in [-0.2, 0) is 15.4 Å². The van der Waals surface area contributed by atoms with E-state index >= 15 is 0 Å². The van der Waals surface area contributed by atoms with Crippen LogP contribution < -0.4 is 0 Å². The summed E-state index contributed by atoms with van der Waals surface area (Å²) in [6, 6.07) is 0.881. The summed E-state index contributed by atoms with van der Waals surface area (Å²) in [5, 5.41) is -4.88. The summed E-state index contributed by atoms with van der Waals surface area (Å²) in [5.74, 6) is -2.87. The number of hydrogen-bond acceptors (Lipinski definition) is 2. The second-order valence-corrected chi connectivity index (χ2v) is 4.08. The van der Waals surface area contributed by atoms with Gasteiger partial charge in [-0.3, -0.25) is 4.55 Å². The number of hydrogen-bond donors (Lipinski definition) is 1. The molecule has 0 spiro atoms. The molecule has 3 nitrogen and oxygen atoms in total. The zero-order valence-electron chi connectivity index (χ0n) is 6.92. The molecule has 1 N–H and O–H groups in total. The maximum absolute atomic E-state index is 12.9. The van der Waals surface area contributed by atoms with Crippen LogP contribution in [0.5, 0.6) is 0 Å². The average Bonchev–Trinajstić information content (AvgIpc) is 2.07. The van der Waals surface area contributed by atoms with Crippen LogP contribution in [-0.4, -0.2) is 13.0 Å². The van der Waals surface area contributed by atoms with E-state index in [1.54, 1.807) is 0 Å². The second-order valence-electron chi connectivity index (χ2n) is 2.62. The molecule has 0 atom stereocenters. The fraction of sp³-hybridized carbons (Fsp3) is 0.143. The van der Waals surface area contributed by atoms with Crippen LogP contribution in [0.2, 0.25) is 0 Å². The lowest BCUT2D eigenvalue weighted by molar-refractivity contribution is 0.0745. The topological polar surface area (TPSA) is 54.4 Å². The Balaban J connectivity index is 3.46. The Morgan fingerprint density at radius 3 is 2.20 bits per heavy atom. The van der Waals surface area contributed by atoms with E-state index in [1.807, 2.05) is 0 Å². The first-order valence-corrected chi connectivity index (χ1v) is 4.90. The molecule has 0 unspecified atom stereocenters. The highest BCUT2D eigenvalue weighted by Crippen LogP contribution is 2.35. The predicted octanol–water partition coefficient (Wildman–Crippen LogP) is 1.90. The molecule has 0 aliphatic carbocycles. The van der Waals surface area contributed by atoms with Gasteiger partial charge in [-0.1, -0.05) is 0 Å². The molecule has 0 saturated carbocycles. The summed E-state index contributed by atoms with van der Waals surface area (Å²) in [4.78, 5) is 0. The summed E-state index contributed by atoms with van der Waals surface area (Å²) in [5.41, 5.74) is -1.73. The number of benzene rings is 1. The monoisotopic (exact) mass is 244 g/mol. The third kappa shape index (κ3) is 2.10. The Morgan fingerprint density at radius 2 is 1.73 bits per heavy atom. The number of halogens is 4. The molecule has 0 bridgehead atoms. The third-order valence-corrected chi connectivity index (χ3v) is 2.43.